The van der Waals surface area contributed by atoms with Crippen LogP contribution in [0.4, 0.5) is 0 Å². The van der Waals surface area contributed by atoms with Crippen LogP contribution in [0.3, 0.4) is 0 Å². The predicted octanol–water partition coefficient (Wildman–Crippen LogP) is 4.28. The summed E-state index contributed by atoms with van der Waals surface area (Å²) in [4.78, 5) is 0. The number of hydrogen-bond acceptors (Lipinski definition) is 0. The maximum atomic E-state index is 2.26. The molecular weight excluding hydrogens is 180 g/mol. The number of rotatable bonds is 1. The third-order valence-corrected chi connectivity index (χ3v) is 3.03. The first-order chi connectivity index (χ1) is 7.18. The lowest BCUT2D eigenvalue weighted by Crippen LogP contribution is -1.88. The molecule has 2 aromatic rings. The van der Waals surface area contributed by atoms with Gasteiger partial charge in [-0.1, -0.05) is 42.5 Å². The Morgan fingerprint density at radius 2 is 1.20 bits per heavy atom. The molecule has 0 unspecified atom stereocenters. The van der Waals surface area contributed by atoms with Crippen LogP contribution in [0.2, 0.25) is 0 Å². The molecule has 0 nitrogen and oxygen atoms in total. The Hall–Kier alpha value is -1.56. The van der Waals surface area contributed by atoms with E-state index in [1.54, 1.807) is 0 Å². The Morgan fingerprint density at radius 3 is 1.73 bits per heavy atom. The molecule has 2 rings (SSSR count). The van der Waals surface area contributed by atoms with Crippen LogP contribution in [0.1, 0.15) is 16.7 Å². The zero-order chi connectivity index (χ0) is 10.8. The highest BCUT2D eigenvalue weighted by Crippen LogP contribution is 2.24. The van der Waals surface area contributed by atoms with E-state index in [-0.39, 0.29) is 0 Å². The van der Waals surface area contributed by atoms with Gasteiger partial charge < -0.3 is 0 Å². The molecule has 0 spiro atoms. The van der Waals surface area contributed by atoms with Crippen molar-refractivity contribution in [3.63, 3.8) is 0 Å². The minimum atomic E-state index is 1.30. The van der Waals surface area contributed by atoms with Crippen LogP contribution >= 0.6 is 0 Å². The van der Waals surface area contributed by atoms with Crippen molar-refractivity contribution in [3.8, 4) is 11.1 Å². The standard InChI is InChI=1S/C15H16/c1-11-9-15(10-12(2)13(11)3)14-7-5-4-6-8-14/h4-10H,1-3H3. The fraction of sp³-hybridized carbons (Fsp3) is 0.200. The van der Waals surface area contributed by atoms with Crippen molar-refractivity contribution < 1.29 is 0 Å². The molecule has 2 aromatic carbocycles. The SMILES string of the molecule is Cc1cc(-c2ccccc2)cc(C)c1C. The van der Waals surface area contributed by atoms with Crippen LogP contribution in [-0.2, 0) is 0 Å². The molecule has 0 saturated heterocycles. The molecule has 0 aromatic heterocycles. The minimum Gasteiger partial charge on any atom is -0.0622 e. The van der Waals surface area contributed by atoms with Crippen LogP contribution in [0.25, 0.3) is 11.1 Å². The van der Waals surface area contributed by atoms with Gasteiger partial charge in [0.15, 0.2) is 0 Å². The first-order valence-electron chi connectivity index (χ1n) is 5.32. The van der Waals surface area contributed by atoms with E-state index in [0.717, 1.165) is 0 Å². The molecule has 0 heteroatoms. The van der Waals surface area contributed by atoms with Gasteiger partial charge in [0.2, 0.25) is 0 Å². The van der Waals surface area contributed by atoms with Crippen molar-refractivity contribution in [1.29, 1.82) is 0 Å². The Labute approximate surface area is 91.6 Å². The molecule has 15 heavy (non-hydrogen) atoms. The van der Waals surface area contributed by atoms with Crippen LogP contribution in [-0.4, -0.2) is 0 Å². The third kappa shape index (κ3) is 1.94. The van der Waals surface area contributed by atoms with Gasteiger partial charge in [-0.2, -0.15) is 0 Å². The quantitative estimate of drug-likeness (QED) is 0.638. The average Bonchev–Trinajstić information content (AvgIpc) is 2.26. The van der Waals surface area contributed by atoms with E-state index in [0.29, 0.717) is 0 Å². The molecule has 0 aliphatic rings. The van der Waals surface area contributed by atoms with Crippen LogP contribution in [0, 0.1) is 20.8 Å². The number of aryl methyl sites for hydroxylation is 2. The second-order valence-corrected chi connectivity index (χ2v) is 4.10. The molecule has 0 atom stereocenters. The molecule has 0 heterocycles. The summed E-state index contributed by atoms with van der Waals surface area (Å²) in [5, 5.41) is 0. The van der Waals surface area contributed by atoms with Gasteiger partial charge in [0.25, 0.3) is 0 Å². The number of benzene rings is 2. The summed E-state index contributed by atoms with van der Waals surface area (Å²) in [7, 11) is 0. The van der Waals surface area contributed by atoms with Gasteiger partial charge in [-0.25, -0.2) is 0 Å². The smallest absolute Gasteiger partial charge is 0.0179 e. The second-order valence-electron chi connectivity index (χ2n) is 4.10. The van der Waals surface area contributed by atoms with Crippen molar-refractivity contribution >= 4 is 0 Å². The van der Waals surface area contributed by atoms with Gasteiger partial charge in [0, 0.05) is 0 Å². The molecular formula is C15H16. The zero-order valence-electron chi connectivity index (χ0n) is 9.54. The maximum Gasteiger partial charge on any atom is -0.0179 e. The molecule has 0 aliphatic heterocycles. The van der Waals surface area contributed by atoms with Gasteiger partial charge in [-0.05, 0) is 48.6 Å². The topological polar surface area (TPSA) is 0 Å². The third-order valence-electron chi connectivity index (χ3n) is 3.03. The average molecular weight is 196 g/mol. The molecule has 0 fully saturated rings. The summed E-state index contributed by atoms with van der Waals surface area (Å²) >= 11 is 0. The highest BCUT2D eigenvalue weighted by Gasteiger charge is 2.02. The summed E-state index contributed by atoms with van der Waals surface area (Å²) in [6.07, 6.45) is 0. The fourth-order valence-corrected chi connectivity index (χ4v) is 1.83. The first-order valence-corrected chi connectivity index (χ1v) is 5.32. The summed E-state index contributed by atoms with van der Waals surface area (Å²) in [6, 6.07) is 15.1. The van der Waals surface area contributed by atoms with Crippen molar-refractivity contribution in [1.82, 2.24) is 0 Å². The lowest BCUT2D eigenvalue weighted by Gasteiger charge is -2.09. The lowest BCUT2D eigenvalue weighted by molar-refractivity contribution is 1.27. The van der Waals surface area contributed by atoms with E-state index in [4.69, 9.17) is 0 Å². The van der Waals surface area contributed by atoms with Gasteiger partial charge in [-0.3, -0.25) is 0 Å². The molecule has 0 amide bonds. The molecule has 0 N–H and O–H groups in total. The summed E-state index contributed by atoms with van der Waals surface area (Å²) in [5.41, 5.74) is 6.75. The van der Waals surface area contributed by atoms with Crippen molar-refractivity contribution in [2.24, 2.45) is 0 Å². The lowest BCUT2D eigenvalue weighted by atomic mass is 9.97. The van der Waals surface area contributed by atoms with E-state index in [2.05, 4.69) is 63.2 Å². The van der Waals surface area contributed by atoms with E-state index >= 15 is 0 Å². The van der Waals surface area contributed by atoms with Crippen LogP contribution < -0.4 is 0 Å². The van der Waals surface area contributed by atoms with E-state index in [1.165, 1.54) is 27.8 Å². The second kappa shape index (κ2) is 3.90. The van der Waals surface area contributed by atoms with Gasteiger partial charge in [0.05, 0.1) is 0 Å². The summed E-state index contributed by atoms with van der Waals surface area (Å²) < 4.78 is 0. The van der Waals surface area contributed by atoms with E-state index in [1.807, 2.05) is 0 Å². The summed E-state index contributed by atoms with van der Waals surface area (Å²) in [6.45, 7) is 6.53. The van der Waals surface area contributed by atoms with Crippen LogP contribution in [0.15, 0.2) is 42.5 Å². The minimum absolute atomic E-state index is 1.30. The zero-order valence-corrected chi connectivity index (χ0v) is 9.54. The van der Waals surface area contributed by atoms with Crippen molar-refractivity contribution in [2.45, 2.75) is 20.8 Å². The van der Waals surface area contributed by atoms with Gasteiger partial charge >= 0.3 is 0 Å². The molecule has 0 aliphatic carbocycles. The van der Waals surface area contributed by atoms with Crippen molar-refractivity contribution in [3.05, 3.63) is 59.2 Å². The monoisotopic (exact) mass is 196 g/mol. The normalized spacial score (nSPS) is 10.3. The largest absolute Gasteiger partial charge is 0.0622 e. The van der Waals surface area contributed by atoms with Gasteiger partial charge in [-0.15, -0.1) is 0 Å². The van der Waals surface area contributed by atoms with Crippen LogP contribution in [0.5, 0.6) is 0 Å². The Morgan fingerprint density at radius 1 is 0.667 bits per heavy atom. The Kier molecular flexibility index (Phi) is 2.59. The van der Waals surface area contributed by atoms with Crippen molar-refractivity contribution in [2.75, 3.05) is 0 Å². The Bertz CT molecular complexity index is 444. The molecule has 76 valence electrons. The number of hydrogen-bond donors (Lipinski definition) is 0. The molecule has 0 bridgehead atoms. The first kappa shape index (κ1) is 9.97. The fourth-order valence-electron chi connectivity index (χ4n) is 1.83. The van der Waals surface area contributed by atoms with E-state index < -0.39 is 0 Å². The highest BCUT2D eigenvalue weighted by atomic mass is 14.1. The maximum absolute atomic E-state index is 2.26. The Balaban J connectivity index is 2.56. The molecule has 0 radical (unpaired) electrons. The predicted molar refractivity (Wildman–Crippen MR) is 66.1 cm³/mol. The molecule has 0 saturated carbocycles. The van der Waals surface area contributed by atoms with Gasteiger partial charge in [0.1, 0.15) is 0 Å². The summed E-state index contributed by atoms with van der Waals surface area (Å²) in [5.74, 6) is 0. The highest BCUT2D eigenvalue weighted by molar-refractivity contribution is 5.66. The van der Waals surface area contributed by atoms with E-state index in [9.17, 15) is 0 Å².